The number of fused-ring (bicyclic) bond motifs is 2. The zero-order chi connectivity index (χ0) is 11.1. The Balaban J connectivity index is 1.94. The molecule has 2 unspecified atom stereocenters. The van der Waals surface area contributed by atoms with Gasteiger partial charge in [0.05, 0.1) is 0 Å². The number of nitrogens with two attached hydrogens (primary N) is 1. The van der Waals surface area contributed by atoms with Gasteiger partial charge in [0.1, 0.15) is 5.82 Å². The number of hydrogen-bond donors (Lipinski definition) is 1. The van der Waals surface area contributed by atoms with Gasteiger partial charge in [0, 0.05) is 30.4 Å². The molecule has 2 fully saturated rings. The second kappa shape index (κ2) is 3.74. The van der Waals surface area contributed by atoms with E-state index >= 15 is 0 Å². The molecule has 2 aliphatic rings. The first kappa shape index (κ1) is 10.1. The maximum absolute atomic E-state index is 6.01. The summed E-state index contributed by atoms with van der Waals surface area (Å²) in [5, 5.41) is 0. The van der Waals surface area contributed by atoms with Crippen LogP contribution in [0.3, 0.4) is 0 Å². The topological polar surface area (TPSA) is 42.1 Å². The minimum absolute atomic E-state index is 0.0721. The maximum atomic E-state index is 6.01. The third-order valence-electron chi connectivity index (χ3n) is 3.99. The molecule has 86 valence electrons. The van der Waals surface area contributed by atoms with Crippen molar-refractivity contribution in [2.75, 3.05) is 11.4 Å². The predicted molar refractivity (Wildman–Crippen MR) is 65.3 cm³/mol. The minimum Gasteiger partial charge on any atom is -0.353 e. The first-order chi connectivity index (χ1) is 7.75. The Hall–Kier alpha value is -1.09. The van der Waals surface area contributed by atoms with E-state index in [0.717, 1.165) is 17.8 Å². The van der Waals surface area contributed by atoms with Crippen molar-refractivity contribution in [3.05, 3.63) is 23.9 Å². The fraction of sp³-hybridized carbons (Fsp3) is 0.615. The van der Waals surface area contributed by atoms with E-state index in [2.05, 4.69) is 16.0 Å². The molecule has 3 heteroatoms. The van der Waals surface area contributed by atoms with Crippen molar-refractivity contribution in [1.29, 1.82) is 0 Å². The Labute approximate surface area is 96.7 Å². The van der Waals surface area contributed by atoms with E-state index in [4.69, 9.17) is 5.73 Å². The maximum Gasteiger partial charge on any atom is 0.133 e. The van der Waals surface area contributed by atoms with Gasteiger partial charge in [-0.15, -0.1) is 0 Å². The van der Waals surface area contributed by atoms with Crippen LogP contribution in [0, 0.1) is 5.92 Å². The van der Waals surface area contributed by atoms with Gasteiger partial charge in [0.15, 0.2) is 0 Å². The van der Waals surface area contributed by atoms with Crippen molar-refractivity contribution >= 4 is 5.82 Å². The highest BCUT2D eigenvalue weighted by Gasteiger charge is 2.39. The van der Waals surface area contributed by atoms with E-state index < -0.39 is 0 Å². The Morgan fingerprint density at radius 2 is 2.38 bits per heavy atom. The molecular formula is C13H19N3. The third-order valence-corrected chi connectivity index (χ3v) is 3.99. The number of aromatic nitrogens is 1. The summed E-state index contributed by atoms with van der Waals surface area (Å²) in [6.45, 7) is 3.22. The van der Waals surface area contributed by atoms with Gasteiger partial charge in [0.25, 0.3) is 0 Å². The number of anilines is 1. The average molecular weight is 217 g/mol. The second-order valence-corrected chi connectivity index (χ2v) is 5.19. The predicted octanol–water partition coefficient (Wildman–Crippen LogP) is 2.09. The molecule has 2 bridgehead atoms. The van der Waals surface area contributed by atoms with Crippen LogP contribution in [0.1, 0.15) is 37.8 Å². The largest absolute Gasteiger partial charge is 0.353 e. The minimum atomic E-state index is 0.0721. The zero-order valence-electron chi connectivity index (χ0n) is 9.76. The second-order valence-electron chi connectivity index (χ2n) is 5.19. The SMILES string of the molecule is C[C@H](N)c1cccnc1N1CC2CCC1C2. The Kier molecular flexibility index (Phi) is 2.36. The smallest absolute Gasteiger partial charge is 0.133 e. The molecule has 1 saturated carbocycles. The Morgan fingerprint density at radius 1 is 1.50 bits per heavy atom. The van der Waals surface area contributed by atoms with Crippen molar-refractivity contribution in [3.63, 3.8) is 0 Å². The molecule has 3 rings (SSSR count). The molecule has 2 N–H and O–H groups in total. The summed E-state index contributed by atoms with van der Waals surface area (Å²) >= 11 is 0. The van der Waals surface area contributed by atoms with Crippen LogP contribution in [0.15, 0.2) is 18.3 Å². The molecule has 2 heterocycles. The van der Waals surface area contributed by atoms with E-state index in [-0.39, 0.29) is 6.04 Å². The van der Waals surface area contributed by atoms with Gasteiger partial charge in [-0.1, -0.05) is 6.07 Å². The summed E-state index contributed by atoms with van der Waals surface area (Å²) < 4.78 is 0. The van der Waals surface area contributed by atoms with Crippen LogP contribution in [0.4, 0.5) is 5.82 Å². The standard InChI is InChI=1S/C13H19N3/c1-9(14)12-3-2-6-15-13(12)16-8-10-4-5-11(16)7-10/h2-3,6,9-11H,4-5,7-8,14H2,1H3/t9-,10?,11?/m0/s1. The normalized spacial score (nSPS) is 29.8. The molecule has 1 aliphatic heterocycles. The van der Waals surface area contributed by atoms with Gasteiger partial charge in [-0.05, 0) is 38.2 Å². The van der Waals surface area contributed by atoms with Crippen molar-refractivity contribution in [3.8, 4) is 0 Å². The zero-order valence-corrected chi connectivity index (χ0v) is 9.76. The first-order valence-corrected chi connectivity index (χ1v) is 6.23. The highest BCUT2D eigenvalue weighted by atomic mass is 15.2. The van der Waals surface area contributed by atoms with Crippen LogP contribution in [0.2, 0.25) is 0 Å². The fourth-order valence-electron chi connectivity index (χ4n) is 3.19. The van der Waals surface area contributed by atoms with E-state index in [1.165, 1.54) is 31.4 Å². The van der Waals surface area contributed by atoms with Gasteiger partial charge >= 0.3 is 0 Å². The van der Waals surface area contributed by atoms with E-state index in [1.807, 2.05) is 19.2 Å². The van der Waals surface area contributed by atoms with E-state index in [1.54, 1.807) is 0 Å². The summed E-state index contributed by atoms with van der Waals surface area (Å²) in [6.07, 6.45) is 5.98. The lowest BCUT2D eigenvalue weighted by Crippen LogP contribution is -2.34. The lowest BCUT2D eigenvalue weighted by atomic mass is 10.1. The fourth-order valence-corrected chi connectivity index (χ4v) is 3.19. The first-order valence-electron chi connectivity index (χ1n) is 6.23. The highest BCUT2D eigenvalue weighted by molar-refractivity contribution is 5.50. The Bertz CT molecular complexity index is 389. The molecular weight excluding hydrogens is 198 g/mol. The molecule has 3 atom stereocenters. The number of piperidine rings is 1. The van der Waals surface area contributed by atoms with E-state index in [9.17, 15) is 0 Å². The van der Waals surface area contributed by atoms with Gasteiger partial charge in [-0.3, -0.25) is 0 Å². The molecule has 1 aliphatic carbocycles. The van der Waals surface area contributed by atoms with Gasteiger partial charge in [-0.25, -0.2) is 4.98 Å². The molecule has 0 radical (unpaired) electrons. The van der Waals surface area contributed by atoms with Crippen LogP contribution in [0.5, 0.6) is 0 Å². The number of pyridine rings is 1. The monoisotopic (exact) mass is 217 g/mol. The summed E-state index contributed by atoms with van der Waals surface area (Å²) in [6, 6.07) is 4.88. The van der Waals surface area contributed by atoms with Crippen LogP contribution in [-0.2, 0) is 0 Å². The molecule has 1 aromatic heterocycles. The van der Waals surface area contributed by atoms with Gasteiger partial charge in [-0.2, -0.15) is 0 Å². The van der Waals surface area contributed by atoms with Gasteiger partial charge < -0.3 is 10.6 Å². The van der Waals surface area contributed by atoms with Crippen LogP contribution in [-0.4, -0.2) is 17.6 Å². The summed E-state index contributed by atoms with van der Waals surface area (Å²) in [5.41, 5.74) is 7.20. The van der Waals surface area contributed by atoms with Crippen molar-refractivity contribution in [2.45, 2.75) is 38.3 Å². The lowest BCUT2D eigenvalue weighted by molar-refractivity contribution is 0.548. The summed E-state index contributed by atoms with van der Waals surface area (Å²) in [7, 11) is 0. The van der Waals surface area contributed by atoms with Crippen LogP contribution in [0.25, 0.3) is 0 Å². The van der Waals surface area contributed by atoms with Crippen molar-refractivity contribution in [2.24, 2.45) is 11.7 Å². The molecule has 16 heavy (non-hydrogen) atoms. The number of hydrogen-bond acceptors (Lipinski definition) is 3. The number of nitrogens with zero attached hydrogens (tertiary/aromatic N) is 2. The number of rotatable bonds is 2. The van der Waals surface area contributed by atoms with Crippen molar-refractivity contribution in [1.82, 2.24) is 4.98 Å². The highest BCUT2D eigenvalue weighted by Crippen LogP contribution is 2.40. The van der Waals surface area contributed by atoms with E-state index in [0.29, 0.717) is 0 Å². The molecule has 0 spiro atoms. The van der Waals surface area contributed by atoms with Crippen molar-refractivity contribution < 1.29 is 0 Å². The molecule has 0 amide bonds. The van der Waals surface area contributed by atoms with Crippen LogP contribution >= 0.6 is 0 Å². The van der Waals surface area contributed by atoms with Gasteiger partial charge in [0.2, 0.25) is 0 Å². The van der Waals surface area contributed by atoms with Crippen LogP contribution < -0.4 is 10.6 Å². The third kappa shape index (κ3) is 1.50. The Morgan fingerprint density at radius 3 is 3.00 bits per heavy atom. The lowest BCUT2D eigenvalue weighted by Gasteiger charge is -2.30. The molecule has 0 aromatic carbocycles. The molecule has 3 nitrogen and oxygen atoms in total. The summed E-state index contributed by atoms with van der Waals surface area (Å²) in [4.78, 5) is 7.03. The summed E-state index contributed by atoms with van der Waals surface area (Å²) in [5.74, 6) is 2.03. The average Bonchev–Trinajstić information content (AvgIpc) is 2.90. The molecule has 1 saturated heterocycles. The molecule has 1 aromatic rings. The quantitative estimate of drug-likeness (QED) is 0.824.